The average Bonchev–Trinajstić information content (AvgIpc) is 3.25. The monoisotopic (exact) mass is 426 g/mol. The Morgan fingerprint density at radius 3 is 2.65 bits per heavy atom. The highest BCUT2D eigenvalue weighted by molar-refractivity contribution is 5.87. The Morgan fingerprint density at radius 2 is 1.90 bits per heavy atom. The molecule has 1 aliphatic heterocycles. The van der Waals surface area contributed by atoms with Crippen LogP contribution in [0.5, 0.6) is 17.2 Å². The van der Waals surface area contributed by atoms with Gasteiger partial charge in [0.1, 0.15) is 11.8 Å². The molecule has 7 heteroatoms. The third-order valence-electron chi connectivity index (χ3n) is 5.29. The molecule has 2 aromatic rings. The van der Waals surface area contributed by atoms with Crippen molar-refractivity contribution >= 4 is 11.8 Å². The summed E-state index contributed by atoms with van der Waals surface area (Å²) in [5.41, 5.74) is 1.91. The maximum Gasteiger partial charge on any atom is 0.242 e. The fraction of sp³-hybridized carbons (Fsp3) is 0.417. The summed E-state index contributed by atoms with van der Waals surface area (Å²) in [6, 6.07) is 12.7. The fourth-order valence-electron chi connectivity index (χ4n) is 3.67. The van der Waals surface area contributed by atoms with Crippen LogP contribution in [0.3, 0.4) is 0 Å². The van der Waals surface area contributed by atoms with Crippen LogP contribution in [-0.4, -0.2) is 43.2 Å². The summed E-state index contributed by atoms with van der Waals surface area (Å²) in [6.07, 6.45) is 1.38. The molecular formula is C24H30N2O5. The van der Waals surface area contributed by atoms with Crippen molar-refractivity contribution in [3.63, 3.8) is 0 Å². The van der Waals surface area contributed by atoms with E-state index in [1.54, 1.807) is 12.0 Å². The molecule has 1 atom stereocenters. The minimum absolute atomic E-state index is 0.0708. The van der Waals surface area contributed by atoms with Gasteiger partial charge in [0.05, 0.1) is 7.11 Å². The van der Waals surface area contributed by atoms with Gasteiger partial charge in [0.25, 0.3) is 0 Å². The van der Waals surface area contributed by atoms with Crippen molar-refractivity contribution in [2.45, 2.75) is 45.7 Å². The normalized spacial score (nSPS) is 12.9. The van der Waals surface area contributed by atoms with E-state index in [1.807, 2.05) is 56.3 Å². The lowest BCUT2D eigenvalue weighted by atomic mass is 10.1. The molecule has 0 fully saturated rings. The van der Waals surface area contributed by atoms with Gasteiger partial charge in [-0.25, -0.2) is 0 Å². The second-order valence-corrected chi connectivity index (χ2v) is 7.38. The molecule has 0 radical (unpaired) electrons. The van der Waals surface area contributed by atoms with Crippen LogP contribution < -0.4 is 19.5 Å². The molecule has 0 saturated heterocycles. The molecule has 0 bridgehead atoms. The first-order valence-electron chi connectivity index (χ1n) is 10.6. The van der Waals surface area contributed by atoms with Gasteiger partial charge >= 0.3 is 0 Å². The summed E-state index contributed by atoms with van der Waals surface area (Å²) in [4.78, 5) is 27.6. The SMILES string of the molecule is CCNC(=O)C(CC)N(Cc1cccc(OC)c1)C(=O)CCc1ccc2c(c1)OCO2. The van der Waals surface area contributed by atoms with E-state index in [4.69, 9.17) is 14.2 Å². The predicted molar refractivity (Wildman–Crippen MR) is 117 cm³/mol. The van der Waals surface area contributed by atoms with Crippen LogP contribution in [0.4, 0.5) is 0 Å². The van der Waals surface area contributed by atoms with E-state index in [1.165, 1.54) is 0 Å². The molecule has 166 valence electrons. The van der Waals surface area contributed by atoms with Crippen LogP contribution in [-0.2, 0) is 22.6 Å². The number of aryl methyl sites for hydroxylation is 1. The van der Waals surface area contributed by atoms with Crippen molar-refractivity contribution in [3.8, 4) is 17.2 Å². The topological polar surface area (TPSA) is 77.1 Å². The molecular weight excluding hydrogens is 396 g/mol. The van der Waals surface area contributed by atoms with Crippen molar-refractivity contribution in [2.24, 2.45) is 0 Å². The molecule has 1 N–H and O–H groups in total. The summed E-state index contributed by atoms with van der Waals surface area (Å²) in [7, 11) is 1.61. The molecule has 2 amide bonds. The van der Waals surface area contributed by atoms with E-state index in [2.05, 4.69) is 5.32 Å². The number of likely N-dealkylation sites (N-methyl/N-ethyl adjacent to an activating group) is 1. The van der Waals surface area contributed by atoms with Crippen molar-refractivity contribution in [2.75, 3.05) is 20.4 Å². The van der Waals surface area contributed by atoms with Gasteiger partial charge in [-0.05, 0) is 55.2 Å². The largest absolute Gasteiger partial charge is 0.497 e. The van der Waals surface area contributed by atoms with Crippen LogP contribution >= 0.6 is 0 Å². The Bertz CT molecular complexity index is 915. The van der Waals surface area contributed by atoms with Crippen molar-refractivity contribution in [1.82, 2.24) is 10.2 Å². The standard InChI is InChI=1S/C24H30N2O5/c1-4-20(24(28)25-5-2)26(15-18-7-6-8-19(13-18)29-3)23(27)12-10-17-9-11-21-22(14-17)31-16-30-21/h6-9,11,13-14,20H,4-5,10,12,15-16H2,1-3H3,(H,25,28). The van der Waals surface area contributed by atoms with Crippen LogP contribution in [0.15, 0.2) is 42.5 Å². The van der Waals surface area contributed by atoms with Crippen LogP contribution in [0.25, 0.3) is 0 Å². The molecule has 3 rings (SSSR count). The first kappa shape index (κ1) is 22.5. The molecule has 0 aliphatic carbocycles. The van der Waals surface area contributed by atoms with E-state index in [0.717, 1.165) is 22.6 Å². The van der Waals surface area contributed by atoms with Gasteiger partial charge in [-0.2, -0.15) is 0 Å². The molecule has 0 aromatic heterocycles. The lowest BCUT2D eigenvalue weighted by Gasteiger charge is -2.30. The summed E-state index contributed by atoms with van der Waals surface area (Å²) >= 11 is 0. The Kier molecular flexibility index (Phi) is 7.76. The first-order chi connectivity index (χ1) is 15.0. The number of nitrogens with zero attached hydrogens (tertiary/aromatic N) is 1. The van der Waals surface area contributed by atoms with Crippen LogP contribution in [0.1, 0.15) is 37.8 Å². The molecule has 7 nitrogen and oxygen atoms in total. The number of amides is 2. The number of benzene rings is 2. The highest BCUT2D eigenvalue weighted by atomic mass is 16.7. The van der Waals surface area contributed by atoms with Crippen molar-refractivity contribution in [3.05, 3.63) is 53.6 Å². The quantitative estimate of drug-likeness (QED) is 0.631. The number of ether oxygens (including phenoxy) is 3. The minimum atomic E-state index is -0.532. The number of carbonyl (C=O) groups is 2. The summed E-state index contributed by atoms with van der Waals surface area (Å²) in [5, 5.41) is 2.85. The van der Waals surface area contributed by atoms with Gasteiger partial charge in [0.15, 0.2) is 11.5 Å². The summed E-state index contributed by atoms with van der Waals surface area (Å²) in [5.74, 6) is 1.93. The predicted octanol–water partition coefficient (Wildman–Crippen LogP) is 3.30. The summed E-state index contributed by atoms with van der Waals surface area (Å²) in [6.45, 7) is 4.87. The third-order valence-corrected chi connectivity index (χ3v) is 5.29. The van der Waals surface area contributed by atoms with E-state index < -0.39 is 6.04 Å². The Hall–Kier alpha value is -3.22. The molecule has 2 aromatic carbocycles. The van der Waals surface area contributed by atoms with E-state index >= 15 is 0 Å². The lowest BCUT2D eigenvalue weighted by Crippen LogP contribution is -2.49. The van der Waals surface area contributed by atoms with Gasteiger partial charge < -0.3 is 24.4 Å². The van der Waals surface area contributed by atoms with Gasteiger partial charge in [0.2, 0.25) is 18.6 Å². The van der Waals surface area contributed by atoms with Crippen LogP contribution in [0.2, 0.25) is 0 Å². The number of rotatable bonds is 10. The average molecular weight is 427 g/mol. The van der Waals surface area contributed by atoms with Gasteiger partial charge in [-0.3, -0.25) is 9.59 Å². The fourth-order valence-corrected chi connectivity index (χ4v) is 3.67. The van der Waals surface area contributed by atoms with E-state index in [0.29, 0.717) is 38.1 Å². The van der Waals surface area contributed by atoms with E-state index in [9.17, 15) is 9.59 Å². The zero-order valence-corrected chi connectivity index (χ0v) is 18.3. The first-order valence-corrected chi connectivity index (χ1v) is 10.6. The molecule has 31 heavy (non-hydrogen) atoms. The zero-order chi connectivity index (χ0) is 22.2. The Balaban J connectivity index is 1.76. The molecule has 1 unspecified atom stereocenters. The third kappa shape index (κ3) is 5.69. The second-order valence-electron chi connectivity index (χ2n) is 7.38. The molecule has 0 saturated carbocycles. The van der Waals surface area contributed by atoms with Gasteiger partial charge in [-0.1, -0.05) is 25.1 Å². The minimum Gasteiger partial charge on any atom is -0.497 e. The second kappa shape index (κ2) is 10.7. The maximum absolute atomic E-state index is 13.3. The highest BCUT2D eigenvalue weighted by Gasteiger charge is 2.28. The number of carbonyl (C=O) groups excluding carboxylic acids is 2. The molecule has 1 aliphatic rings. The Labute approximate surface area is 183 Å². The lowest BCUT2D eigenvalue weighted by molar-refractivity contribution is -0.141. The number of methoxy groups -OCH3 is 1. The number of hydrogen-bond donors (Lipinski definition) is 1. The van der Waals surface area contributed by atoms with Crippen molar-refractivity contribution in [1.29, 1.82) is 0 Å². The van der Waals surface area contributed by atoms with Gasteiger partial charge in [0, 0.05) is 19.5 Å². The number of hydrogen-bond acceptors (Lipinski definition) is 5. The number of nitrogens with one attached hydrogen (secondary N) is 1. The van der Waals surface area contributed by atoms with Crippen LogP contribution in [0, 0.1) is 0 Å². The summed E-state index contributed by atoms with van der Waals surface area (Å²) < 4.78 is 16.1. The smallest absolute Gasteiger partial charge is 0.242 e. The molecule has 1 heterocycles. The zero-order valence-electron chi connectivity index (χ0n) is 18.3. The molecule has 0 spiro atoms. The Morgan fingerprint density at radius 1 is 1.10 bits per heavy atom. The highest BCUT2D eigenvalue weighted by Crippen LogP contribution is 2.32. The number of fused-ring (bicyclic) bond motifs is 1. The van der Waals surface area contributed by atoms with Crippen molar-refractivity contribution < 1.29 is 23.8 Å². The van der Waals surface area contributed by atoms with Gasteiger partial charge in [-0.15, -0.1) is 0 Å². The van der Waals surface area contributed by atoms with E-state index in [-0.39, 0.29) is 18.6 Å². The maximum atomic E-state index is 13.3.